The molecule has 1 aliphatic heterocycles. The number of alkyl halides is 5. The lowest BCUT2D eigenvalue weighted by molar-refractivity contribution is -0.138. The van der Waals surface area contributed by atoms with Gasteiger partial charge in [0.2, 0.25) is 0 Å². The van der Waals surface area contributed by atoms with Crippen molar-refractivity contribution in [2.45, 2.75) is 24.9 Å². The summed E-state index contributed by atoms with van der Waals surface area (Å²) in [5, 5.41) is 0. The molecule has 0 bridgehead atoms. The Morgan fingerprint density at radius 2 is 1.95 bits per heavy atom. The third kappa shape index (κ3) is 3.53. The summed E-state index contributed by atoms with van der Waals surface area (Å²) in [6.45, 7) is -0.836. The minimum Gasteiger partial charge on any atom is -0.333 e. The Morgan fingerprint density at radius 1 is 1.29 bits per heavy atom. The molecule has 8 heteroatoms. The average Bonchev–Trinajstić information content (AvgIpc) is 2.35. The predicted molar refractivity (Wildman–Crippen MR) is 69.2 cm³/mol. The largest absolute Gasteiger partial charge is 0.417 e. The van der Waals surface area contributed by atoms with Crippen LogP contribution in [-0.4, -0.2) is 29.8 Å². The number of hydrogen-bond acceptors (Lipinski definition) is 1. The zero-order valence-electron chi connectivity index (χ0n) is 10.7. The minimum atomic E-state index is -4.73. The van der Waals surface area contributed by atoms with E-state index in [0.717, 1.165) is 17.0 Å². The molecule has 0 aliphatic carbocycles. The number of hydrogen-bond donors (Lipinski definition) is 0. The van der Waals surface area contributed by atoms with Gasteiger partial charge in [-0.25, -0.2) is 8.78 Å². The maximum absolute atomic E-state index is 13.3. The monoisotopic (exact) mass is 371 g/mol. The van der Waals surface area contributed by atoms with Crippen molar-refractivity contribution in [1.82, 2.24) is 4.90 Å². The molecule has 1 saturated heterocycles. The van der Waals surface area contributed by atoms with Crippen LogP contribution < -0.4 is 0 Å². The van der Waals surface area contributed by atoms with E-state index in [-0.39, 0.29) is 23.9 Å². The van der Waals surface area contributed by atoms with Crippen molar-refractivity contribution in [3.63, 3.8) is 0 Å². The molecular weight excluding hydrogens is 361 g/mol. The van der Waals surface area contributed by atoms with Gasteiger partial charge in [-0.3, -0.25) is 4.79 Å². The highest BCUT2D eigenvalue weighted by Gasteiger charge is 2.41. The number of benzene rings is 1. The van der Waals surface area contributed by atoms with Gasteiger partial charge >= 0.3 is 6.18 Å². The van der Waals surface area contributed by atoms with E-state index in [1.165, 1.54) is 6.07 Å². The van der Waals surface area contributed by atoms with E-state index in [4.69, 9.17) is 0 Å². The Morgan fingerprint density at radius 3 is 2.52 bits per heavy atom. The summed E-state index contributed by atoms with van der Waals surface area (Å²) in [4.78, 5) is 13.0. The number of amides is 1. The first-order valence-corrected chi connectivity index (χ1v) is 6.94. The van der Waals surface area contributed by atoms with Gasteiger partial charge < -0.3 is 4.90 Å². The molecular formula is C13H11BrF5NO. The molecule has 1 aromatic rings. The molecule has 1 aromatic carbocycles. The highest BCUT2D eigenvalue weighted by Crippen LogP contribution is 2.37. The Kier molecular flexibility index (Phi) is 4.28. The molecule has 1 amide bonds. The lowest BCUT2D eigenvalue weighted by atomic mass is 10.0. The van der Waals surface area contributed by atoms with Gasteiger partial charge in [-0.2, -0.15) is 13.2 Å². The fraction of sp³-hybridized carbons (Fsp3) is 0.462. The van der Waals surface area contributed by atoms with Crippen LogP contribution >= 0.6 is 15.9 Å². The van der Waals surface area contributed by atoms with Crippen molar-refractivity contribution in [3.8, 4) is 0 Å². The maximum Gasteiger partial charge on any atom is 0.417 e. The summed E-state index contributed by atoms with van der Waals surface area (Å²) in [5.41, 5.74) is -1.75. The van der Waals surface area contributed by atoms with Crippen molar-refractivity contribution < 1.29 is 26.7 Å². The molecule has 0 radical (unpaired) electrons. The van der Waals surface area contributed by atoms with Crippen LogP contribution in [0.5, 0.6) is 0 Å². The van der Waals surface area contributed by atoms with Gasteiger partial charge in [-0.15, -0.1) is 0 Å². The summed E-state index contributed by atoms with van der Waals surface area (Å²) in [5.74, 6) is -4.10. The summed E-state index contributed by atoms with van der Waals surface area (Å²) in [6, 6.07) is 3.19. The third-order valence-corrected chi connectivity index (χ3v) is 3.87. The van der Waals surface area contributed by atoms with Crippen LogP contribution in [-0.2, 0) is 6.18 Å². The number of nitrogens with zero attached hydrogens (tertiary/aromatic N) is 1. The molecule has 0 unspecified atom stereocenters. The van der Waals surface area contributed by atoms with Crippen molar-refractivity contribution in [3.05, 3.63) is 33.8 Å². The van der Waals surface area contributed by atoms with Gasteiger partial charge in [0, 0.05) is 17.4 Å². The standard InChI is InChI=1S/C13H11BrF5NO/c14-9-4-1-3-8(13(17,18)19)10(9)11(21)20-6-2-5-12(15,16)7-20/h1,3-4H,2,5-7H2. The van der Waals surface area contributed by atoms with Gasteiger partial charge in [0.15, 0.2) is 0 Å². The van der Waals surface area contributed by atoms with E-state index in [9.17, 15) is 26.7 Å². The quantitative estimate of drug-likeness (QED) is 0.672. The smallest absolute Gasteiger partial charge is 0.333 e. The predicted octanol–water partition coefficient (Wildman–Crippen LogP) is 4.34. The number of carbonyl (C=O) groups is 1. The van der Waals surface area contributed by atoms with Crippen LogP contribution in [0.3, 0.4) is 0 Å². The van der Waals surface area contributed by atoms with Gasteiger partial charge in [-0.1, -0.05) is 6.07 Å². The lowest BCUT2D eigenvalue weighted by Gasteiger charge is -2.33. The van der Waals surface area contributed by atoms with Gasteiger partial charge in [0.25, 0.3) is 11.8 Å². The normalized spacial score (nSPS) is 18.7. The Hall–Kier alpha value is -1.18. The van der Waals surface area contributed by atoms with E-state index >= 15 is 0 Å². The first-order chi connectivity index (χ1) is 9.62. The Labute approximate surface area is 126 Å². The summed E-state index contributed by atoms with van der Waals surface area (Å²) >= 11 is 2.90. The first kappa shape index (κ1) is 16.2. The lowest BCUT2D eigenvalue weighted by Crippen LogP contribution is -2.46. The minimum absolute atomic E-state index is 0.0209. The molecule has 2 rings (SSSR count). The second-order valence-corrected chi connectivity index (χ2v) is 5.70. The number of likely N-dealkylation sites (tertiary alicyclic amines) is 1. The molecule has 0 aromatic heterocycles. The molecule has 1 fully saturated rings. The topological polar surface area (TPSA) is 20.3 Å². The zero-order valence-corrected chi connectivity index (χ0v) is 12.3. The van der Waals surface area contributed by atoms with Crippen molar-refractivity contribution in [1.29, 1.82) is 0 Å². The van der Waals surface area contributed by atoms with Crippen molar-refractivity contribution >= 4 is 21.8 Å². The summed E-state index contributed by atoms with van der Waals surface area (Å²) in [6.07, 6.45) is -5.03. The molecule has 0 N–H and O–H groups in total. The second kappa shape index (κ2) is 5.55. The summed E-state index contributed by atoms with van der Waals surface area (Å²) < 4.78 is 65.5. The Bertz CT molecular complexity index is 558. The van der Waals surface area contributed by atoms with Crippen molar-refractivity contribution in [2.75, 3.05) is 13.1 Å². The molecule has 0 saturated carbocycles. The number of halogens is 6. The van der Waals surface area contributed by atoms with Crippen molar-refractivity contribution in [2.24, 2.45) is 0 Å². The van der Waals surface area contributed by atoms with Gasteiger partial charge in [0.05, 0.1) is 17.7 Å². The van der Waals surface area contributed by atoms with E-state index in [2.05, 4.69) is 15.9 Å². The van der Waals surface area contributed by atoms with Gasteiger partial charge in [0.1, 0.15) is 0 Å². The Balaban J connectivity index is 2.40. The number of piperidine rings is 1. The van der Waals surface area contributed by atoms with Crippen LogP contribution in [0.2, 0.25) is 0 Å². The van der Waals surface area contributed by atoms with Crippen LogP contribution in [0.4, 0.5) is 22.0 Å². The highest BCUT2D eigenvalue weighted by molar-refractivity contribution is 9.10. The number of carbonyl (C=O) groups excluding carboxylic acids is 1. The first-order valence-electron chi connectivity index (χ1n) is 6.15. The molecule has 0 spiro atoms. The fourth-order valence-corrected chi connectivity index (χ4v) is 2.81. The molecule has 21 heavy (non-hydrogen) atoms. The average molecular weight is 372 g/mol. The second-order valence-electron chi connectivity index (χ2n) is 4.85. The van der Waals surface area contributed by atoms with E-state index in [1.54, 1.807) is 0 Å². The fourth-order valence-electron chi connectivity index (χ4n) is 2.28. The molecule has 1 heterocycles. The number of rotatable bonds is 1. The maximum atomic E-state index is 13.3. The zero-order chi connectivity index (χ0) is 15.8. The summed E-state index contributed by atoms with van der Waals surface area (Å²) in [7, 11) is 0. The van der Waals surface area contributed by atoms with Crippen LogP contribution in [0, 0.1) is 0 Å². The van der Waals surface area contributed by atoms with Crippen LogP contribution in [0.15, 0.2) is 22.7 Å². The SMILES string of the molecule is O=C(c1c(Br)cccc1C(F)(F)F)N1CCCC(F)(F)C1. The highest BCUT2D eigenvalue weighted by atomic mass is 79.9. The molecule has 1 aliphatic rings. The van der Waals surface area contributed by atoms with Gasteiger partial charge in [-0.05, 0) is 34.5 Å². The van der Waals surface area contributed by atoms with E-state index in [0.29, 0.717) is 0 Å². The third-order valence-electron chi connectivity index (χ3n) is 3.21. The van der Waals surface area contributed by atoms with E-state index < -0.39 is 35.7 Å². The molecule has 0 atom stereocenters. The van der Waals surface area contributed by atoms with E-state index in [1.807, 2.05) is 0 Å². The molecule has 116 valence electrons. The van der Waals surface area contributed by atoms with Crippen LogP contribution in [0.1, 0.15) is 28.8 Å². The van der Waals surface area contributed by atoms with Crippen LogP contribution in [0.25, 0.3) is 0 Å². The molecule has 2 nitrogen and oxygen atoms in total.